The molecule has 1 rings (SSSR count). The molecule has 2 N–H and O–H groups in total. The van der Waals surface area contributed by atoms with Crippen LogP contribution < -0.4 is 5.32 Å². The molecule has 8 heteroatoms. The molecule has 1 aromatic rings. The summed E-state index contributed by atoms with van der Waals surface area (Å²) in [6.07, 6.45) is -3.82. The Balaban J connectivity index is 2.53. The molecule has 120 valence electrons. The number of carboxylic acid groups (broad SMARTS) is 1. The zero-order valence-corrected chi connectivity index (χ0v) is 11.2. The predicted octanol–water partition coefficient (Wildman–Crippen LogP) is 2.75. The summed E-state index contributed by atoms with van der Waals surface area (Å²) >= 11 is 0. The molecule has 1 unspecified atom stereocenters. The van der Waals surface area contributed by atoms with E-state index < -0.39 is 36.3 Å². The highest BCUT2D eigenvalue weighted by atomic mass is 19.4. The average Bonchev–Trinajstić information content (AvgIpc) is 2.38. The Morgan fingerprint density at radius 2 is 1.82 bits per heavy atom. The number of alkyl halides is 3. The summed E-state index contributed by atoms with van der Waals surface area (Å²) in [6.45, 7) is 0. The summed E-state index contributed by atoms with van der Waals surface area (Å²) in [6, 6.07) is 3.31. The number of hydrogen-bond acceptors (Lipinski definition) is 2. The van der Waals surface area contributed by atoms with Crippen molar-refractivity contribution in [3.8, 4) is 0 Å². The summed E-state index contributed by atoms with van der Waals surface area (Å²) < 4.78 is 49.1. The van der Waals surface area contributed by atoms with Gasteiger partial charge < -0.3 is 10.4 Å². The smallest absolute Gasteiger partial charge is 0.391 e. The lowest BCUT2D eigenvalue weighted by Crippen LogP contribution is -2.43. The fraction of sp³-hybridized carbons (Fsp3) is 0.286. The number of benzene rings is 1. The van der Waals surface area contributed by atoms with E-state index in [-0.39, 0.29) is 6.42 Å². The molecule has 1 atom stereocenters. The molecule has 0 saturated carbocycles. The number of rotatable bonds is 6. The van der Waals surface area contributed by atoms with Crippen molar-refractivity contribution in [3.05, 3.63) is 41.7 Å². The van der Waals surface area contributed by atoms with Gasteiger partial charge in [0.15, 0.2) is 0 Å². The second kappa shape index (κ2) is 7.58. The third kappa shape index (κ3) is 6.87. The molecule has 4 nitrogen and oxygen atoms in total. The van der Waals surface area contributed by atoms with Crippen LogP contribution in [0.4, 0.5) is 17.6 Å². The second-order valence-corrected chi connectivity index (χ2v) is 4.44. The maximum atomic E-state index is 12.7. The van der Waals surface area contributed by atoms with Gasteiger partial charge in [0, 0.05) is 6.42 Å². The number of nitrogens with one attached hydrogen (secondary N) is 1. The molecule has 0 fully saturated rings. The molecule has 0 aliphatic rings. The van der Waals surface area contributed by atoms with Gasteiger partial charge in [0.05, 0.1) is 6.42 Å². The molecule has 0 heterocycles. The molecular weight excluding hydrogens is 306 g/mol. The Labute approximate surface area is 123 Å². The van der Waals surface area contributed by atoms with Gasteiger partial charge >= 0.3 is 12.1 Å². The number of carbonyl (C=O) groups excluding carboxylic acids is 1. The van der Waals surface area contributed by atoms with Gasteiger partial charge in [0.2, 0.25) is 5.91 Å². The van der Waals surface area contributed by atoms with E-state index >= 15 is 0 Å². The van der Waals surface area contributed by atoms with Gasteiger partial charge in [-0.15, -0.1) is 0 Å². The molecule has 0 aliphatic carbocycles. The maximum Gasteiger partial charge on any atom is 0.391 e. The van der Waals surface area contributed by atoms with E-state index in [1.165, 1.54) is 36.4 Å². The summed E-state index contributed by atoms with van der Waals surface area (Å²) in [5, 5.41) is 10.4. The molecular formula is C14H13F4NO3. The zero-order chi connectivity index (χ0) is 16.8. The lowest BCUT2D eigenvalue weighted by Gasteiger charge is -2.15. The summed E-state index contributed by atoms with van der Waals surface area (Å²) in [7, 11) is 0. The predicted molar refractivity (Wildman–Crippen MR) is 70.3 cm³/mol. The van der Waals surface area contributed by atoms with Gasteiger partial charge in [-0.2, -0.15) is 13.2 Å². The van der Waals surface area contributed by atoms with E-state index in [0.717, 1.165) is 0 Å². The van der Waals surface area contributed by atoms with E-state index in [2.05, 4.69) is 0 Å². The van der Waals surface area contributed by atoms with Crippen LogP contribution in [-0.4, -0.2) is 29.2 Å². The lowest BCUT2D eigenvalue weighted by atomic mass is 10.1. The van der Waals surface area contributed by atoms with Crippen LogP contribution >= 0.6 is 0 Å². The molecule has 0 aromatic heterocycles. The fourth-order valence-electron chi connectivity index (χ4n) is 1.56. The van der Waals surface area contributed by atoms with Crippen molar-refractivity contribution in [1.29, 1.82) is 0 Å². The SMILES string of the molecule is O=C(C/C=C/c1ccc(F)cc1)NC(CC(F)(F)F)C(=O)O. The van der Waals surface area contributed by atoms with Crippen molar-refractivity contribution >= 4 is 18.0 Å². The standard InChI is InChI=1S/C14H13F4NO3/c15-10-6-4-9(5-7-10)2-1-3-12(20)19-11(13(21)22)8-14(16,17)18/h1-2,4-7,11H,3,8H2,(H,19,20)(H,21,22)/b2-1+. The van der Waals surface area contributed by atoms with E-state index in [4.69, 9.17) is 5.11 Å². The van der Waals surface area contributed by atoms with E-state index in [0.29, 0.717) is 5.56 Å². The van der Waals surface area contributed by atoms with Crippen LogP contribution in [-0.2, 0) is 9.59 Å². The van der Waals surface area contributed by atoms with E-state index in [9.17, 15) is 27.2 Å². The molecule has 0 aliphatic heterocycles. The molecule has 22 heavy (non-hydrogen) atoms. The first-order valence-electron chi connectivity index (χ1n) is 6.18. The van der Waals surface area contributed by atoms with Gasteiger partial charge in [0.1, 0.15) is 11.9 Å². The molecule has 0 bridgehead atoms. The molecule has 1 aromatic carbocycles. The Morgan fingerprint density at radius 3 is 2.32 bits per heavy atom. The van der Waals surface area contributed by atoms with Crippen molar-refractivity contribution in [2.45, 2.75) is 25.1 Å². The normalized spacial score (nSPS) is 13.1. The number of aliphatic carboxylic acids is 1. The van der Waals surface area contributed by atoms with Crippen molar-refractivity contribution in [1.82, 2.24) is 5.32 Å². The number of carbonyl (C=O) groups is 2. The van der Waals surface area contributed by atoms with Crippen LogP contribution in [0.5, 0.6) is 0 Å². The lowest BCUT2D eigenvalue weighted by molar-refractivity contribution is -0.159. The largest absolute Gasteiger partial charge is 0.480 e. The highest BCUT2D eigenvalue weighted by Gasteiger charge is 2.36. The minimum absolute atomic E-state index is 0.293. The van der Waals surface area contributed by atoms with Crippen molar-refractivity contribution in [3.63, 3.8) is 0 Å². The zero-order valence-electron chi connectivity index (χ0n) is 11.2. The molecule has 0 radical (unpaired) electrons. The van der Waals surface area contributed by atoms with E-state index in [1.807, 2.05) is 0 Å². The van der Waals surface area contributed by atoms with Crippen molar-refractivity contribution < 1.29 is 32.3 Å². The van der Waals surface area contributed by atoms with E-state index in [1.54, 1.807) is 5.32 Å². The van der Waals surface area contributed by atoms with Gasteiger partial charge in [-0.3, -0.25) is 4.79 Å². The Morgan fingerprint density at radius 1 is 1.23 bits per heavy atom. The summed E-state index contributed by atoms with van der Waals surface area (Å²) in [4.78, 5) is 22.1. The average molecular weight is 319 g/mol. The van der Waals surface area contributed by atoms with Gasteiger partial charge in [0.25, 0.3) is 0 Å². The quantitative estimate of drug-likeness (QED) is 0.792. The fourth-order valence-corrected chi connectivity index (χ4v) is 1.56. The minimum atomic E-state index is -4.69. The highest BCUT2D eigenvalue weighted by molar-refractivity contribution is 5.84. The first kappa shape index (κ1) is 17.7. The topological polar surface area (TPSA) is 66.4 Å². The Bertz CT molecular complexity index is 552. The minimum Gasteiger partial charge on any atom is -0.480 e. The van der Waals surface area contributed by atoms with Crippen LogP contribution in [0.3, 0.4) is 0 Å². The number of carboxylic acids is 1. The summed E-state index contributed by atoms with van der Waals surface area (Å²) in [5.74, 6) is -3.03. The van der Waals surface area contributed by atoms with Crippen LogP contribution in [0.25, 0.3) is 6.08 Å². The first-order chi connectivity index (χ1) is 10.2. The first-order valence-corrected chi connectivity index (χ1v) is 6.18. The summed E-state index contributed by atoms with van der Waals surface area (Å²) in [5.41, 5.74) is 0.597. The third-order valence-electron chi connectivity index (χ3n) is 2.55. The highest BCUT2D eigenvalue weighted by Crippen LogP contribution is 2.21. The van der Waals surface area contributed by atoms with Crippen LogP contribution in [0.15, 0.2) is 30.3 Å². The molecule has 1 amide bonds. The molecule has 0 spiro atoms. The Kier molecular flexibility index (Phi) is 6.09. The van der Waals surface area contributed by atoms with Crippen molar-refractivity contribution in [2.75, 3.05) is 0 Å². The number of hydrogen-bond donors (Lipinski definition) is 2. The second-order valence-electron chi connectivity index (χ2n) is 4.44. The molecule has 0 saturated heterocycles. The number of halogens is 4. The van der Waals surface area contributed by atoms with Gasteiger partial charge in [-0.05, 0) is 17.7 Å². The van der Waals surface area contributed by atoms with Gasteiger partial charge in [-0.1, -0.05) is 24.3 Å². The number of amides is 1. The van der Waals surface area contributed by atoms with Crippen molar-refractivity contribution in [2.24, 2.45) is 0 Å². The van der Waals surface area contributed by atoms with Crippen LogP contribution in [0, 0.1) is 5.82 Å². The monoisotopic (exact) mass is 319 g/mol. The van der Waals surface area contributed by atoms with Crippen LogP contribution in [0.2, 0.25) is 0 Å². The Hall–Kier alpha value is -2.38. The van der Waals surface area contributed by atoms with Crippen LogP contribution in [0.1, 0.15) is 18.4 Å². The maximum absolute atomic E-state index is 12.7. The van der Waals surface area contributed by atoms with Gasteiger partial charge in [-0.25, -0.2) is 9.18 Å². The third-order valence-corrected chi connectivity index (χ3v) is 2.55.